The van der Waals surface area contributed by atoms with Crippen LogP contribution in [0, 0.1) is 0 Å². The zero-order chi connectivity index (χ0) is 21.0. The number of aliphatic hydroxyl groups excluding tert-OH is 1. The molecule has 0 aliphatic heterocycles. The van der Waals surface area contributed by atoms with Crippen LogP contribution in [0.2, 0.25) is 5.02 Å². The largest absolute Gasteiger partial charge is 0.389 e. The molecule has 29 heavy (non-hydrogen) atoms. The number of methoxy groups -OCH3 is 1. The van der Waals surface area contributed by atoms with Gasteiger partial charge in [-0.05, 0) is 18.2 Å². The Morgan fingerprint density at radius 2 is 2.07 bits per heavy atom. The molecule has 0 bridgehead atoms. The van der Waals surface area contributed by atoms with E-state index < -0.39 is 17.6 Å². The third-order valence-electron chi connectivity index (χ3n) is 4.09. The lowest BCUT2D eigenvalue weighted by Gasteiger charge is -2.12. The van der Waals surface area contributed by atoms with E-state index in [9.17, 15) is 14.7 Å². The second-order valence-corrected chi connectivity index (χ2v) is 6.79. The molecule has 0 fully saturated rings. The molecular formula is C19H20ClN5O4. The highest BCUT2D eigenvalue weighted by Crippen LogP contribution is 2.20. The normalized spacial score (nSPS) is 12.0. The summed E-state index contributed by atoms with van der Waals surface area (Å²) in [6, 6.07) is 8.29. The molecule has 0 radical (unpaired) electrons. The van der Waals surface area contributed by atoms with E-state index in [1.165, 1.54) is 24.1 Å². The maximum Gasteiger partial charge on any atom is 0.284 e. The SMILES string of the molecule is COC[C@H](O)CNC(=O)c1cc(-c2ccc(Cl)cc2)nn(-c2cnn(C)c2)c1=O. The van der Waals surface area contributed by atoms with Crippen LogP contribution in [-0.4, -0.2) is 56.9 Å². The average Bonchev–Trinajstić information content (AvgIpc) is 3.13. The summed E-state index contributed by atoms with van der Waals surface area (Å²) in [4.78, 5) is 25.6. The monoisotopic (exact) mass is 417 g/mol. The first kappa shape index (κ1) is 20.7. The first-order valence-corrected chi connectivity index (χ1v) is 9.11. The van der Waals surface area contributed by atoms with Gasteiger partial charge in [0.05, 0.1) is 30.8 Å². The molecule has 1 atom stereocenters. The number of ether oxygens (including phenoxy) is 1. The molecule has 1 amide bonds. The minimum atomic E-state index is -0.887. The van der Waals surface area contributed by atoms with Crippen LogP contribution in [0.4, 0.5) is 0 Å². The van der Waals surface area contributed by atoms with Crippen molar-refractivity contribution in [2.45, 2.75) is 6.10 Å². The molecule has 3 rings (SSSR count). The summed E-state index contributed by atoms with van der Waals surface area (Å²) in [7, 11) is 3.15. The Hall–Kier alpha value is -3.01. The Morgan fingerprint density at radius 3 is 2.69 bits per heavy atom. The van der Waals surface area contributed by atoms with Crippen LogP contribution >= 0.6 is 11.6 Å². The van der Waals surface area contributed by atoms with Gasteiger partial charge in [0.1, 0.15) is 11.3 Å². The minimum absolute atomic E-state index is 0.0579. The number of hydrogen-bond donors (Lipinski definition) is 2. The molecule has 3 aromatic rings. The number of benzene rings is 1. The van der Waals surface area contributed by atoms with Gasteiger partial charge in [-0.2, -0.15) is 14.9 Å². The summed E-state index contributed by atoms with van der Waals surface area (Å²) in [5, 5.41) is 21.3. The van der Waals surface area contributed by atoms with E-state index in [1.807, 2.05) is 0 Å². The molecule has 2 N–H and O–H groups in total. The Bertz CT molecular complexity index is 1060. The second-order valence-electron chi connectivity index (χ2n) is 6.36. The number of halogens is 1. The molecule has 0 aliphatic carbocycles. The van der Waals surface area contributed by atoms with Crippen molar-refractivity contribution in [3.05, 3.63) is 63.7 Å². The summed E-state index contributed by atoms with van der Waals surface area (Å²) >= 11 is 5.95. The van der Waals surface area contributed by atoms with Gasteiger partial charge in [0.15, 0.2) is 0 Å². The molecule has 0 spiro atoms. The number of nitrogens with zero attached hydrogens (tertiary/aromatic N) is 4. The van der Waals surface area contributed by atoms with Gasteiger partial charge in [-0.15, -0.1) is 0 Å². The zero-order valence-corrected chi connectivity index (χ0v) is 16.6. The number of aromatic nitrogens is 4. The number of aliphatic hydroxyl groups is 1. The van der Waals surface area contributed by atoms with Crippen molar-refractivity contribution in [1.29, 1.82) is 0 Å². The van der Waals surface area contributed by atoms with Crippen LogP contribution < -0.4 is 10.9 Å². The van der Waals surface area contributed by atoms with E-state index in [2.05, 4.69) is 15.5 Å². The highest BCUT2D eigenvalue weighted by molar-refractivity contribution is 6.30. The van der Waals surface area contributed by atoms with Crippen LogP contribution in [-0.2, 0) is 11.8 Å². The summed E-state index contributed by atoms with van der Waals surface area (Å²) in [6.45, 7) is 0.00414. The summed E-state index contributed by atoms with van der Waals surface area (Å²) < 4.78 is 7.48. The Morgan fingerprint density at radius 1 is 1.34 bits per heavy atom. The zero-order valence-electron chi connectivity index (χ0n) is 15.9. The first-order valence-electron chi connectivity index (χ1n) is 8.73. The van der Waals surface area contributed by atoms with Gasteiger partial charge >= 0.3 is 0 Å². The third kappa shape index (κ3) is 4.89. The smallest absolute Gasteiger partial charge is 0.284 e. The first-order chi connectivity index (χ1) is 13.9. The predicted molar refractivity (Wildman–Crippen MR) is 107 cm³/mol. The number of nitrogens with one attached hydrogen (secondary N) is 1. The average molecular weight is 418 g/mol. The molecule has 9 nitrogen and oxygen atoms in total. The predicted octanol–water partition coefficient (Wildman–Crippen LogP) is 1.02. The van der Waals surface area contributed by atoms with Gasteiger partial charge in [0, 0.05) is 31.3 Å². The van der Waals surface area contributed by atoms with E-state index in [-0.39, 0.29) is 18.7 Å². The molecule has 0 aliphatic rings. The number of hydrogen-bond acceptors (Lipinski definition) is 6. The minimum Gasteiger partial charge on any atom is -0.389 e. The molecule has 0 saturated carbocycles. The Kier molecular flexibility index (Phi) is 6.42. The van der Waals surface area contributed by atoms with Crippen molar-refractivity contribution in [2.24, 2.45) is 7.05 Å². The Balaban J connectivity index is 2.04. The van der Waals surface area contributed by atoms with E-state index >= 15 is 0 Å². The van der Waals surface area contributed by atoms with Crippen molar-refractivity contribution in [2.75, 3.05) is 20.3 Å². The van der Waals surface area contributed by atoms with Crippen LogP contribution in [0.1, 0.15) is 10.4 Å². The van der Waals surface area contributed by atoms with Crippen molar-refractivity contribution in [3.8, 4) is 16.9 Å². The lowest BCUT2D eigenvalue weighted by molar-refractivity contribution is 0.0609. The van der Waals surface area contributed by atoms with E-state index in [0.717, 1.165) is 4.68 Å². The fourth-order valence-corrected chi connectivity index (χ4v) is 2.79. The number of amides is 1. The number of carbonyl (C=O) groups is 1. The third-order valence-corrected chi connectivity index (χ3v) is 4.34. The number of carbonyl (C=O) groups excluding carboxylic acids is 1. The molecule has 2 aromatic heterocycles. The van der Waals surface area contributed by atoms with E-state index in [0.29, 0.717) is 22.0 Å². The molecule has 0 unspecified atom stereocenters. The van der Waals surface area contributed by atoms with Gasteiger partial charge in [0.25, 0.3) is 11.5 Å². The van der Waals surface area contributed by atoms with Gasteiger partial charge in [-0.1, -0.05) is 23.7 Å². The van der Waals surface area contributed by atoms with Gasteiger partial charge < -0.3 is 15.2 Å². The molecule has 10 heteroatoms. The quantitative estimate of drug-likeness (QED) is 0.593. The summed E-state index contributed by atoms with van der Waals surface area (Å²) in [6.07, 6.45) is 2.20. The van der Waals surface area contributed by atoms with E-state index in [4.69, 9.17) is 16.3 Å². The fraction of sp³-hybridized carbons (Fsp3) is 0.263. The van der Waals surface area contributed by atoms with Crippen molar-refractivity contribution >= 4 is 17.5 Å². The van der Waals surface area contributed by atoms with Crippen LogP contribution in [0.25, 0.3) is 16.9 Å². The van der Waals surface area contributed by atoms with Gasteiger partial charge in [-0.25, -0.2) is 0 Å². The van der Waals surface area contributed by atoms with Gasteiger partial charge in [-0.3, -0.25) is 14.3 Å². The molecule has 0 saturated heterocycles. The summed E-state index contributed by atoms with van der Waals surface area (Å²) in [5.74, 6) is -0.625. The lowest BCUT2D eigenvalue weighted by atomic mass is 10.1. The standard InChI is InChI=1S/C19H20ClN5O4/c1-24-10-14(8-22-24)25-19(28)16(18(27)21-9-15(26)11-29-2)7-17(23-25)12-3-5-13(20)6-4-12/h3-8,10,15,26H,9,11H2,1-2H3,(H,21,27)/t15-/m1/s1. The fourth-order valence-electron chi connectivity index (χ4n) is 2.67. The maximum absolute atomic E-state index is 12.9. The van der Waals surface area contributed by atoms with Crippen LogP contribution in [0.15, 0.2) is 47.5 Å². The summed E-state index contributed by atoms with van der Waals surface area (Å²) in [5.41, 5.74) is 0.794. The second kappa shape index (κ2) is 8.99. The topological polar surface area (TPSA) is 111 Å². The molecule has 1 aromatic carbocycles. The Labute approximate surface area is 171 Å². The van der Waals surface area contributed by atoms with Crippen molar-refractivity contribution < 1.29 is 14.6 Å². The van der Waals surface area contributed by atoms with Crippen molar-refractivity contribution in [3.63, 3.8) is 0 Å². The number of aryl methyl sites for hydroxylation is 1. The van der Waals surface area contributed by atoms with Gasteiger partial charge in [0.2, 0.25) is 0 Å². The highest BCUT2D eigenvalue weighted by atomic mass is 35.5. The molecular weight excluding hydrogens is 398 g/mol. The lowest BCUT2D eigenvalue weighted by Crippen LogP contribution is -2.38. The maximum atomic E-state index is 12.9. The van der Waals surface area contributed by atoms with E-state index in [1.54, 1.807) is 37.5 Å². The highest BCUT2D eigenvalue weighted by Gasteiger charge is 2.19. The van der Waals surface area contributed by atoms with Crippen LogP contribution in [0.5, 0.6) is 0 Å². The molecule has 152 valence electrons. The van der Waals surface area contributed by atoms with Crippen molar-refractivity contribution in [1.82, 2.24) is 24.9 Å². The number of rotatable bonds is 7. The molecule has 2 heterocycles. The van der Waals surface area contributed by atoms with Crippen LogP contribution in [0.3, 0.4) is 0 Å².